The lowest BCUT2D eigenvalue weighted by Crippen LogP contribution is -2.31. The molecule has 2 aromatic rings. The third-order valence-corrected chi connectivity index (χ3v) is 7.19. The van der Waals surface area contributed by atoms with Crippen LogP contribution < -0.4 is 10.2 Å². The van der Waals surface area contributed by atoms with Crippen LogP contribution in [0.25, 0.3) is 0 Å². The van der Waals surface area contributed by atoms with Crippen LogP contribution in [-0.4, -0.2) is 44.8 Å². The van der Waals surface area contributed by atoms with Gasteiger partial charge in [0.25, 0.3) is 5.91 Å². The van der Waals surface area contributed by atoms with Crippen molar-refractivity contribution in [2.24, 2.45) is 0 Å². The number of nitrogens with zero attached hydrogens (tertiary/aromatic N) is 2. The fraction of sp³-hybridized carbons (Fsp3) is 0.381. The van der Waals surface area contributed by atoms with Gasteiger partial charge in [0.15, 0.2) is 0 Å². The molecular formula is C21H25F2N3O3S. The number of nitrogens with one attached hydrogen (secondary N) is 1. The summed E-state index contributed by atoms with van der Waals surface area (Å²) in [4.78, 5) is 14.2. The number of benzene rings is 2. The lowest BCUT2D eigenvalue weighted by molar-refractivity contribution is 0.102. The van der Waals surface area contributed by atoms with Crippen molar-refractivity contribution in [2.45, 2.75) is 31.6 Å². The highest BCUT2D eigenvalue weighted by atomic mass is 32.2. The second kappa shape index (κ2) is 9.09. The number of halogens is 2. The van der Waals surface area contributed by atoms with Crippen LogP contribution in [0.3, 0.4) is 0 Å². The highest BCUT2D eigenvalue weighted by Gasteiger charge is 2.26. The van der Waals surface area contributed by atoms with E-state index >= 15 is 0 Å². The van der Waals surface area contributed by atoms with Gasteiger partial charge in [-0.1, -0.05) is 13.8 Å². The van der Waals surface area contributed by atoms with Crippen molar-refractivity contribution < 1.29 is 22.0 Å². The monoisotopic (exact) mass is 437 g/mol. The van der Waals surface area contributed by atoms with Gasteiger partial charge in [-0.15, -0.1) is 0 Å². The highest BCUT2D eigenvalue weighted by molar-refractivity contribution is 7.89. The molecule has 1 aliphatic rings. The lowest BCUT2D eigenvalue weighted by Gasteiger charge is -2.20. The van der Waals surface area contributed by atoms with E-state index in [0.29, 0.717) is 5.69 Å². The van der Waals surface area contributed by atoms with E-state index in [1.54, 1.807) is 19.9 Å². The van der Waals surface area contributed by atoms with E-state index in [2.05, 4.69) is 5.32 Å². The standard InChI is InChI=1S/C21H25F2N3O3S/c1-3-26(4-2)30(28,29)20-11-15(7-8-19(20)23)21(27)24-17-12-16(22)13-18(14-17)25-9-5-6-10-25/h7-8,11-14H,3-6,9-10H2,1-2H3,(H,24,27). The van der Waals surface area contributed by atoms with E-state index in [0.717, 1.165) is 42.4 Å². The van der Waals surface area contributed by atoms with Crippen LogP contribution in [0.15, 0.2) is 41.3 Å². The zero-order valence-electron chi connectivity index (χ0n) is 17.0. The molecule has 0 radical (unpaired) electrons. The molecule has 1 amide bonds. The van der Waals surface area contributed by atoms with Crippen molar-refractivity contribution in [3.8, 4) is 0 Å². The Hall–Kier alpha value is -2.52. The smallest absolute Gasteiger partial charge is 0.255 e. The van der Waals surface area contributed by atoms with E-state index in [-0.39, 0.29) is 24.3 Å². The van der Waals surface area contributed by atoms with Crippen LogP contribution >= 0.6 is 0 Å². The van der Waals surface area contributed by atoms with Crippen molar-refractivity contribution >= 4 is 27.3 Å². The maximum Gasteiger partial charge on any atom is 0.255 e. The van der Waals surface area contributed by atoms with Crippen LogP contribution in [0, 0.1) is 11.6 Å². The quantitative estimate of drug-likeness (QED) is 0.715. The molecule has 1 saturated heterocycles. The molecule has 2 aromatic carbocycles. The predicted octanol–water partition coefficient (Wildman–Crippen LogP) is 3.85. The summed E-state index contributed by atoms with van der Waals surface area (Å²) >= 11 is 0. The Balaban J connectivity index is 1.88. The molecule has 0 unspecified atom stereocenters. The minimum absolute atomic E-state index is 0.0332. The first kappa shape index (κ1) is 22.2. The number of sulfonamides is 1. The summed E-state index contributed by atoms with van der Waals surface area (Å²) in [5.74, 6) is -2.07. The molecule has 0 saturated carbocycles. The summed E-state index contributed by atoms with van der Waals surface area (Å²) in [5.41, 5.74) is 0.889. The molecule has 9 heteroatoms. The first-order valence-corrected chi connectivity index (χ1v) is 11.4. The van der Waals surface area contributed by atoms with Gasteiger partial charge in [-0.3, -0.25) is 4.79 Å². The number of anilines is 2. The third-order valence-electron chi connectivity index (χ3n) is 5.13. The zero-order valence-corrected chi connectivity index (χ0v) is 17.8. The number of hydrogen-bond donors (Lipinski definition) is 1. The van der Waals surface area contributed by atoms with Crippen LogP contribution in [-0.2, 0) is 10.0 Å². The van der Waals surface area contributed by atoms with Crippen LogP contribution in [0.1, 0.15) is 37.0 Å². The van der Waals surface area contributed by atoms with Gasteiger partial charge in [-0.2, -0.15) is 4.31 Å². The SMILES string of the molecule is CCN(CC)S(=O)(=O)c1cc(C(=O)Nc2cc(F)cc(N3CCCC3)c2)ccc1F. The molecular weight excluding hydrogens is 412 g/mol. The number of hydrogen-bond acceptors (Lipinski definition) is 4. The highest BCUT2D eigenvalue weighted by Crippen LogP contribution is 2.26. The molecule has 1 fully saturated rings. The minimum atomic E-state index is -4.07. The number of carbonyl (C=O) groups is 1. The van der Waals surface area contributed by atoms with E-state index in [4.69, 9.17) is 0 Å². The minimum Gasteiger partial charge on any atom is -0.371 e. The maximum atomic E-state index is 14.3. The first-order valence-electron chi connectivity index (χ1n) is 9.92. The zero-order chi connectivity index (χ0) is 21.9. The molecule has 1 aliphatic heterocycles. The molecule has 6 nitrogen and oxygen atoms in total. The number of rotatable bonds is 7. The third kappa shape index (κ3) is 4.62. The van der Waals surface area contributed by atoms with Gasteiger partial charge in [-0.25, -0.2) is 17.2 Å². The van der Waals surface area contributed by atoms with Gasteiger partial charge in [-0.05, 0) is 49.2 Å². The first-order chi connectivity index (χ1) is 14.3. The Morgan fingerprint density at radius 1 is 1.07 bits per heavy atom. The molecule has 1 heterocycles. The second-order valence-electron chi connectivity index (χ2n) is 7.08. The Labute approximate surface area is 175 Å². The van der Waals surface area contributed by atoms with Gasteiger partial charge in [0.1, 0.15) is 16.5 Å². The van der Waals surface area contributed by atoms with Gasteiger partial charge < -0.3 is 10.2 Å². The van der Waals surface area contributed by atoms with Crippen molar-refractivity contribution in [3.63, 3.8) is 0 Å². The molecule has 3 rings (SSSR count). The topological polar surface area (TPSA) is 69.7 Å². The van der Waals surface area contributed by atoms with Crippen molar-refractivity contribution in [3.05, 3.63) is 53.6 Å². The molecule has 0 aliphatic carbocycles. The summed E-state index contributed by atoms with van der Waals surface area (Å²) in [6, 6.07) is 7.43. The van der Waals surface area contributed by atoms with Crippen molar-refractivity contribution in [1.29, 1.82) is 0 Å². The van der Waals surface area contributed by atoms with Gasteiger partial charge >= 0.3 is 0 Å². The Bertz CT molecular complexity index is 1030. The Kier molecular flexibility index (Phi) is 6.72. The summed E-state index contributed by atoms with van der Waals surface area (Å²) in [6.45, 7) is 5.30. The molecule has 0 atom stereocenters. The molecule has 0 bridgehead atoms. The molecule has 0 spiro atoms. The normalized spacial score (nSPS) is 14.4. The van der Waals surface area contributed by atoms with E-state index < -0.39 is 32.5 Å². The Morgan fingerprint density at radius 2 is 1.73 bits per heavy atom. The summed E-state index contributed by atoms with van der Waals surface area (Å²) in [6.07, 6.45) is 2.05. The summed E-state index contributed by atoms with van der Waals surface area (Å²) < 4.78 is 54.8. The summed E-state index contributed by atoms with van der Waals surface area (Å²) in [7, 11) is -4.07. The molecule has 162 valence electrons. The maximum absolute atomic E-state index is 14.3. The van der Waals surface area contributed by atoms with E-state index in [1.807, 2.05) is 4.90 Å². The van der Waals surface area contributed by atoms with Crippen molar-refractivity contribution in [2.75, 3.05) is 36.4 Å². The van der Waals surface area contributed by atoms with Gasteiger partial charge in [0, 0.05) is 43.1 Å². The predicted molar refractivity (Wildman–Crippen MR) is 112 cm³/mol. The largest absolute Gasteiger partial charge is 0.371 e. The molecule has 1 N–H and O–H groups in total. The summed E-state index contributed by atoms with van der Waals surface area (Å²) in [5, 5.41) is 2.58. The second-order valence-corrected chi connectivity index (χ2v) is 8.99. The van der Waals surface area contributed by atoms with Gasteiger partial charge in [0.05, 0.1) is 0 Å². The van der Waals surface area contributed by atoms with Crippen LogP contribution in [0.4, 0.5) is 20.2 Å². The number of amides is 1. The van der Waals surface area contributed by atoms with Gasteiger partial charge in [0.2, 0.25) is 10.0 Å². The fourth-order valence-corrected chi connectivity index (χ4v) is 5.10. The average molecular weight is 438 g/mol. The van der Waals surface area contributed by atoms with Crippen molar-refractivity contribution in [1.82, 2.24) is 4.31 Å². The average Bonchev–Trinajstić information content (AvgIpc) is 3.23. The lowest BCUT2D eigenvalue weighted by atomic mass is 10.2. The van der Waals surface area contributed by atoms with E-state index in [9.17, 15) is 22.0 Å². The molecule has 0 aromatic heterocycles. The number of carbonyl (C=O) groups excluding carboxylic acids is 1. The molecule has 30 heavy (non-hydrogen) atoms. The fourth-order valence-electron chi connectivity index (χ4n) is 3.55. The van der Waals surface area contributed by atoms with E-state index in [1.165, 1.54) is 18.2 Å². The van der Waals surface area contributed by atoms with Crippen LogP contribution in [0.5, 0.6) is 0 Å². The Morgan fingerprint density at radius 3 is 2.37 bits per heavy atom. The van der Waals surface area contributed by atoms with Crippen LogP contribution in [0.2, 0.25) is 0 Å².